The molecular weight excluding hydrogens is 472 g/mol. The molecule has 37 heavy (non-hydrogen) atoms. The quantitative estimate of drug-likeness (QED) is 0.351. The fourth-order valence-corrected chi connectivity index (χ4v) is 4.02. The van der Waals surface area contributed by atoms with Crippen LogP contribution in [0.2, 0.25) is 0 Å². The lowest BCUT2D eigenvalue weighted by Gasteiger charge is -2.34. The minimum absolute atomic E-state index is 0.206. The lowest BCUT2D eigenvalue weighted by molar-refractivity contribution is -0.111. The number of rotatable bonds is 8. The summed E-state index contributed by atoms with van der Waals surface area (Å²) >= 11 is 0. The number of aromatic nitrogens is 4. The Morgan fingerprint density at radius 3 is 2.70 bits per heavy atom. The summed E-state index contributed by atoms with van der Waals surface area (Å²) in [6.45, 7) is 7.44. The molecule has 0 saturated carbocycles. The Kier molecular flexibility index (Phi) is 6.86. The number of nitrogens with one attached hydrogen (secondary N) is 2. The predicted octanol–water partition coefficient (Wildman–Crippen LogP) is 3.55. The van der Waals surface area contributed by atoms with Gasteiger partial charge in [0.25, 0.3) is 0 Å². The van der Waals surface area contributed by atoms with E-state index in [9.17, 15) is 4.79 Å². The summed E-state index contributed by atoms with van der Waals surface area (Å²) in [4.78, 5) is 25.4. The first-order valence-corrected chi connectivity index (χ1v) is 11.8. The Balaban J connectivity index is 1.40. The lowest BCUT2D eigenvalue weighted by Crippen LogP contribution is -2.44. The summed E-state index contributed by atoms with van der Waals surface area (Å²) in [7, 11) is 3.78. The number of likely N-dealkylation sites (N-methyl/N-ethyl adjacent to an activating group) is 1. The van der Waals surface area contributed by atoms with Gasteiger partial charge < -0.3 is 29.9 Å². The highest BCUT2D eigenvalue weighted by molar-refractivity contribution is 5.98. The molecule has 2 aromatic carbocycles. The number of benzene rings is 2. The number of nitrogens with zero attached hydrogens (tertiary/aromatic N) is 6. The zero-order valence-corrected chi connectivity index (χ0v) is 20.7. The highest BCUT2D eigenvalue weighted by Gasteiger charge is 2.17. The molecule has 2 aromatic heterocycles. The van der Waals surface area contributed by atoms with Crippen LogP contribution >= 0.6 is 0 Å². The number of hydrogen-bond acceptors (Lipinski definition) is 9. The van der Waals surface area contributed by atoms with E-state index < -0.39 is 0 Å². The molecule has 0 aliphatic carbocycles. The topological polar surface area (TPSA) is 109 Å². The molecule has 1 aliphatic heterocycles. The van der Waals surface area contributed by atoms with E-state index in [-0.39, 0.29) is 11.9 Å². The van der Waals surface area contributed by atoms with Crippen molar-refractivity contribution < 1.29 is 14.3 Å². The monoisotopic (exact) mass is 500 g/mol. The van der Waals surface area contributed by atoms with Crippen LogP contribution in [0.1, 0.15) is 0 Å². The summed E-state index contributed by atoms with van der Waals surface area (Å²) in [5.41, 5.74) is 2.95. The van der Waals surface area contributed by atoms with Crippen molar-refractivity contribution in [1.82, 2.24) is 24.5 Å². The zero-order chi connectivity index (χ0) is 25.8. The molecule has 0 radical (unpaired) electrons. The molecule has 11 heteroatoms. The molecule has 190 valence electrons. The van der Waals surface area contributed by atoms with Crippen molar-refractivity contribution in [3.8, 4) is 17.5 Å². The van der Waals surface area contributed by atoms with Gasteiger partial charge in [-0.25, -0.2) is 0 Å². The summed E-state index contributed by atoms with van der Waals surface area (Å²) in [6.07, 6.45) is 2.82. The maximum absolute atomic E-state index is 11.7. The van der Waals surface area contributed by atoms with Crippen LogP contribution in [0.4, 0.5) is 23.0 Å². The van der Waals surface area contributed by atoms with E-state index in [1.807, 2.05) is 12.1 Å². The fraction of sp³-hybridized carbons (Fsp3) is 0.231. The number of ether oxygens (including phenoxy) is 2. The van der Waals surface area contributed by atoms with Crippen LogP contribution in [0.15, 0.2) is 67.4 Å². The molecule has 0 unspecified atom stereocenters. The van der Waals surface area contributed by atoms with Gasteiger partial charge in [0.05, 0.1) is 19.0 Å². The molecular formula is C26H28N8O3. The van der Waals surface area contributed by atoms with Gasteiger partial charge >= 0.3 is 6.01 Å². The molecule has 5 rings (SSSR count). The molecule has 2 N–H and O–H groups in total. The molecule has 1 saturated heterocycles. The van der Waals surface area contributed by atoms with Crippen molar-refractivity contribution in [3.05, 3.63) is 67.4 Å². The number of hydrogen-bond donors (Lipinski definition) is 2. The molecule has 3 heterocycles. The van der Waals surface area contributed by atoms with Crippen molar-refractivity contribution in [1.29, 1.82) is 0 Å². The van der Waals surface area contributed by atoms with E-state index in [0.29, 0.717) is 28.8 Å². The molecule has 11 nitrogen and oxygen atoms in total. The van der Waals surface area contributed by atoms with Crippen molar-refractivity contribution in [2.45, 2.75) is 0 Å². The Bertz CT molecular complexity index is 1430. The first kappa shape index (κ1) is 24.1. The summed E-state index contributed by atoms with van der Waals surface area (Å²) < 4.78 is 13.2. The van der Waals surface area contributed by atoms with Crippen LogP contribution in [0.3, 0.4) is 0 Å². The van der Waals surface area contributed by atoms with Crippen molar-refractivity contribution >= 4 is 34.6 Å². The van der Waals surface area contributed by atoms with Crippen molar-refractivity contribution in [3.63, 3.8) is 0 Å². The predicted molar refractivity (Wildman–Crippen MR) is 142 cm³/mol. The van der Waals surface area contributed by atoms with Crippen LogP contribution in [0.5, 0.6) is 17.5 Å². The second-order valence-corrected chi connectivity index (χ2v) is 8.55. The van der Waals surface area contributed by atoms with Gasteiger partial charge in [-0.1, -0.05) is 12.6 Å². The van der Waals surface area contributed by atoms with E-state index in [2.05, 4.69) is 55.2 Å². The van der Waals surface area contributed by atoms with Crippen LogP contribution in [0, 0.1) is 0 Å². The van der Waals surface area contributed by atoms with Gasteiger partial charge in [0.15, 0.2) is 5.65 Å². The third kappa shape index (κ3) is 5.46. The second-order valence-electron chi connectivity index (χ2n) is 8.55. The first-order valence-electron chi connectivity index (χ1n) is 11.8. The van der Waals surface area contributed by atoms with Gasteiger partial charge in [-0.2, -0.15) is 19.6 Å². The number of anilines is 4. The highest BCUT2D eigenvalue weighted by Crippen LogP contribution is 2.32. The summed E-state index contributed by atoms with van der Waals surface area (Å²) in [6, 6.07) is 15.0. The van der Waals surface area contributed by atoms with E-state index in [4.69, 9.17) is 9.47 Å². The molecule has 1 amide bonds. The summed E-state index contributed by atoms with van der Waals surface area (Å²) in [5.74, 6) is 1.16. The average Bonchev–Trinajstić information content (AvgIpc) is 3.39. The third-order valence-electron chi connectivity index (χ3n) is 6.02. The molecule has 0 spiro atoms. The van der Waals surface area contributed by atoms with Gasteiger partial charge in [-0.3, -0.25) is 4.79 Å². The second kappa shape index (κ2) is 10.5. The van der Waals surface area contributed by atoms with E-state index in [1.165, 1.54) is 10.6 Å². The van der Waals surface area contributed by atoms with Crippen LogP contribution in [-0.4, -0.2) is 70.7 Å². The highest BCUT2D eigenvalue weighted by atomic mass is 16.5. The van der Waals surface area contributed by atoms with Crippen LogP contribution in [-0.2, 0) is 4.79 Å². The lowest BCUT2D eigenvalue weighted by atomic mass is 10.2. The molecule has 1 fully saturated rings. The first-order chi connectivity index (χ1) is 18.0. The zero-order valence-electron chi connectivity index (χ0n) is 20.7. The normalized spacial score (nSPS) is 13.8. The maximum atomic E-state index is 11.7. The largest absolute Gasteiger partial charge is 0.494 e. The Labute approximate surface area is 214 Å². The Hall–Kier alpha value is -4.64. The minimum atomic E-state index is -0.312. The van der Waals surface area contributed by atoms with Gasteiger partial charge in [0.2, 0.25) is 11.9 Å². The van der Waals surface area contributed by atoms with E-state index in [0.717, 1.165) is 37.6 Å². The van der Waals surface area contributed by atoms with Crippen LogP contribution in [0.25, 0.3) is 5.65 Å². The number of methoxy groups -OCH3 is 1. The number of carbonyl (C=O) groups excluding carboxylic acids is 1. The molecule has 0 atom stereocenters. The molecule has 0 bridgehead atoms. The van der Waals surface area contributed by atoms with Crippen molar-refractivity contribution in [2.24, 2.45) is 0 Å². The smallest absolute Gasteiger partial charge is 0.328 e. The number of piperazine rings is 1. The Morgan fingerprint density at radius 1 is 1.08 bits per heavy atom. The van der Waals surface area contributed by atoms with Gasteiger partial charge in [0.1, 0.15) is 11.5 Å². The standard InChI is InChI=1S/C26H28N8O3/c1-4-24(35)28-18-6-5-7-20(16-18)37-26-31-25(30-23-10-11-27-34(23)26)29-21-9-8-19(17-22(21)36-3)33-14-12-32(2)13-15-33/h4-11,16-17H,1,12-15H2,2-3H3,(H,28,35)(H,29,30). The van der Waals surface area contributed by atoms with Crippen LogP contribution < -0.4 is 25.0 Å². The van der Waals surface area contributed by atoms with Gasteiger partial charge in [0, 0.05) is 55.8 Å². The van der Waals surface area contributed by atoms with Gasteiger partial charge in [-0.15, -0.1) is 0 Å². The third-order valence-corrected chi connectivity index (χ3v) is 6.02. The van der Waals surface area contributed by atoms with Gasteiger partial charge in [-0.05, 0) is 37.4 Å². The Morgan fingerprint density at radius 2 is 1.92 bits per heavy atom. The molecule has 1 aliphatic rings. The number of amides is 1. The SMILES string of the molecule is C=CC(=O)Nc1cccc(Oc2nc(Nc3ccc(N4CCN(C)CC4)cc3OC)nc3ccnn23)c1. The molecule has 4 aromatic rings. The van der Waals surface area contributed by atoms with E-state index in [1.54, 1.807) is 43.6 Å². The number of carbonyl (C=O) groups is 1. The van der Waals surface area contributed by atoms with Crippen molar-refractivity contribution in [2.75, 3.05) is 55.9 Å². The maximum Gasteiger partial charge on any atom is 0.328 e. The minimum Gasteiger partial charge on any atom is -0.494 e. The number of fused-ring (bicyclic) bond motifs is 1. The summed E-state index contributed by atoms with van der Waals surface area (Å²) in [5, 5.41) is 10.2. The fourth-order valence-electron chi connectivity index (χ4n) is 4.02. The average molecular weight is 501 g/mol. The van der Waals surface area contributed by atoms with E-state index >= 15 is 0 Å².